The summed E-state index contributed by atoms with van der Waals surface area (Å²) in [6.07, 6.45) is 17.1. The molecule has 0 saturated carbocycles. The van der Waals surface area contributed by atoms with E-state index in [0.717, 1.165) is 12.2 Å². The molecule has 96 valence electrons. The van der Waals surface area contributed by atoms with Crippen molar-refractivity contribution in [3.05, 3.63) is 24.3 Å². The maximum Gasteiger partial charge on any atom is 0.128 e. The quantitative estimate of drug-likeness (QED) is 0.555. The van der Waals surface area contributed by atoms with E-state index in [1.165, 1.54) is 57.8 Å². The van der Waals surface area contributed by atoms with E-state index in [1.54, 1.807) is 0 Å². The number of nitrogens with zero attached hydrogens (tertiary/aromatic N) is 2. The van der Waals surface area contributed by atoms with E-state index in [9.17, 15) is 0 Å². The van der Waals surface area contributed by atoms with Gasteiger partial charge in [-0.15, -0.1) is 0 Å². The third-order valence-electron chi connectivity index (χ3n) is 3.12. The number of unbranched alkanes of at least 4 members (excludes halogenated alkanes) is 8. The van der Waals surface area contributed by atoms with Crippen LogP contribution in [0.3, 0.4) is 0 Å². The van der Waals surface area contributed by atoms with Crippen molar-refractivity contribution in [2.24, 2.45) is 0 Å². The van der Waals surface area contributed by atoms with Crippen LogP contribution in [0.15, 0.2) is 18.5 Å². The molecule has 0 fully saturated rings. The maximum atomic E-state index is 4.24. The highest BCUT2D eigenvalue weighted by atomic mass is 14.8. The predicted molar refractivity (Wildman–Crippen MR) is 73.0 cm³/mol. The van der Waals surface area contributed by atoms with E-state index in [2.05, 4.69) is 16.9 Å². The number of aryl methyl sites for hydroxylation is 1. The normalized spacial score (nSPS) is 10.6. The Morgan fingerprint density at radius 1 is 0.765 bits per heavy atom. The van der Waals surface area contributed by atoms with Crippen LogP contribution in [0.4, 0.5) is 0 Å². The molecule has 0 bridgehead atoms. The molecule has 0 amide bonds. The molecule has 0 unspecified atom stereocenters. The minimum absolute atomic E-state index is 0.996. The number of hydrogen-bond acceptors (Lipinski definition) is 2. The zero-order valence-corrected chi connectivity index (χ0v) is 11.2. The summed E-state index contributed by atoms with van der Waals surface area (Å²) in [5, 5.41) is 0. The molecule has 1 aromatic rings. The van der Waals surface area contributed by atoms with Crippen molar-refractivity contribution >= 4 is 0 Å². The van der Waals surface area contributed by atoms with Crippen LogP contribution in [0.5, 0.6) is 0 Å². The first kappa shape index (κ1) is 14.1. The van der Waals surface area contributed by atoms with E-state index in [0.29, 0.717) is 0 Å². The predicted octanol–water partition coefficient (Wildman–Crippen LogP) is 4.55. The molecule has 0 saturated heterocycles. The van der Waals surface area contributed by atoms with Crippen molar-refractivity contribution < 1.29 is 0 Å². The molecule has 1 heterocycles. The Morgan fingerprint density at radius 2 is 1.29 bits per heavy atom. The Bertz CT molecular complexity index is 259. The Labute approximate surface area is 106 Å². The summed E-state index contributed by atoms with van der Waals surface area (Å²) >= 11 is 0. The van der Waals surface area contributed by atoms with Gasteiger partial charge in [-0.25, -0.2) is 9.97 Å². The van der Waals surface area contributed by atoms with Crippen LogP contribution in [0.1, 0.15) is 70.5 Å². The van der Waals surface area contributed by atoms with Crippen molar-refractivity contribution in [1.29, 1.82) is 0 Å². The fraction of sp³-hybridized carbons (Fsp3) is 0.733. The van der Waals surface area contributed by atoms with Crippen LogP contribution < -0.4 is 0 Å². The summed E-state index contributed by atoms with van der Waals surface area (Å²) in [5.74, 6) is 0.996. The molecular weight excluding hydrogens is 208 g/mol. The molecule has 2 nitrogen and oxygen atoms in total. The van der Waals surface area contributed by atoms with Crippen LogP contribution in [0.25, 0.3) is 0 Å². The van der Waals surface area contributed by atoms with E-state index >= 15 is 0 Å². The van der Waals surface area contributed by atoms with Gasteiger partial charge in [-0.3, -0.25) is 0 Å². The second-order valence-corrected chi connectivity index (χ2v) is 4.74. The molecular formula is C15H26N2. The molecule has 1 rings (SSSR count). The highest BCUT2D eigenvalue weighted by Gasteiger charge is 1.95. The summed E-state index contributed by atoms with van der Waals surface area (Å²) in [7, 11) is 0. The molecule has 0 radical (unpaired) electrons. The minimum atomic E-state index is 0.996. The lowest BCUT2D eigenvalue weighted by Gasteiger charge is -2.01. The molecule has 0 aliphatic rings. The highest BCUT2D eigenvalue weighted by Crippen LogP contribution is 2.10. The van der Waals surface area contributed by atoms with Crippen LogP contribution in [0, 0.1) is 0 Å². The van der Waals surface area contributed by atoms with Crippen LogP contribution in [-0.2, 0) is 6.42 Å². The Balaban J connectivity index is 1.85. The lowest BCUT2D eigenvalue weighted by molar-refractivity contribution is 0.562. The lowest BCUT2D eigenvalue weighted by atomic mass is 10.1. The Kier molecular flexibility index (Phi) is 8.53. The molecule has 1 aromatic heterocycles. The fourth-order valence-electron chi connectivity index (χ4n) is 2.05. The van der Waals surface area contributed by atoms with Gasteiger partial charge in [0.1, 0.15) is 5.82 Å². The van der Waals surface area contributed by atoms with Gasteiger partial charge in [0.2, 0.25) is 0 Å². The van der Waals surface area contributed by atoms with Crippen molar-refractivity contribution in [3.63, 3.8) is 0 Å². The second-order valence-electron chi connectivity index (χ2n) is 4.74. The first-order chi connectivity index (χ1) is 8.43. The summed E-state index contributed by atoms with van der Waals surface area (Å²) in [6, 6.07) is 1.87. The van der Waals surface area contributed by atoms with E-state index in [-0.39, 0.29) is 0 Å². The average molecular weight is 234 g/mol. The summed E-state index contributed by atoms with van der Waals surface area (Å²) < 4.78 is 0. The van der Waals surface area contributed by atoms with Gasteiger partial charge in [0, 0.05) is 18.8 Å². The largest absolute Gasteiger partial charge is 0.241 e. The maximum absolute atomic E-state index is 4.24. The third kappa shape index (κ3) is 7.89. The SMILES string of the molecule is CCCCCCCCCCCc1ncccn1. The van der Waals surface area contributed by atoms with Gasteiger partial charge in [-0.2, -0.15) is 0 Å². The summed E-state index contributed by atoms with van der Waals surface area (Å²) in [5.41, 5.74) is 0. The first-order valence-electron chi connectivity index (χ1n) is 7.19. The zero-order chi connectivity index (χ0) is 12.2. The lowest BCUT2D eigenvalue weighted by Crippen LogP contribution is -1.93. The monoisotopic (exact) mass is 234 g/mol. The third-order valence-corrected chi connectivity index (χ3v) is 3.12. The van der Waals surface area contributed by atoms with Crippen molar-refractivity contribution in [2.45, 2.75) is 71.1 Å². The fourth-order valence-corrected chi connectivity index (χ4v) is 2.05. The molecule has 2 heteroatoms. The number of rotatable bonds is 10. The molecule has 17 heavy (non-hydrogen) atoms. The van der Waals surface area contributed by atoms with Gasteiger partial charge in [0.05, 0.1) is 0 Å². The standard InChI is InChI=1S/C15H26N2/c1-2-3-4-5-6-7-8-9-10-12-15-16-13-11-14-17-15/h11,13-14H,2-10,12H2,1H3. The van der Waals surface area contributed by atoms with Crippen LogP contribution in [-0.4, -0.2) is 9.97 Å². The Hall–Kier alpha value is -0.920. The summed E-state index contributed by atoms with van der Waals surface area (Å²) in [4.78, 5) is 8.47. The average Bonchev–Trinajstić information content (AvgIpc) is 2.38. The van der Waals surface area contributed by atoms with Crippen LogP contribution >= 0.6 is 0 Å². The topological polar surface area (TPSA) is 25.8 Å². The van der Waals surface area contributed by atoms with E-state index in [1.807, 2.05) is 18.5 Å². The van der Waals surface area contributed by atoms with Crippen molar-refractivity contribution in [1.82, 2.24) is 9.97 Å². The van der Waals surface area contributed by atoms with Crippen LogP contribution in [0.2, 0.25) is 0 Å². The second kappa shape index (κ2) is 10.2. The molecule has 0 spiro atoms. The Morgan fingerprint density at radius 3 is 1.88 bits per heavy atom. The van der Waals surface area contributed by atoms with Gasteiger partial charge in [-0.05, 0) is 12.5 Å². The molecule has 0 aliphatic heterocycles. The number of aromatic nitrogens is 2. The van der Waals surface area contributed by atoms with Crippen molar-refractivity contribution in [3.8, 4) is 0 Å². The van der Waals surface area contributed by atoms with Gasteiger partial charge in [0.25, 0.3) is 0 Å². The van der Waals surface area contributed by atoms with Crippen molar-refractivity contribution in [2.75, 3.05) is 0 Å². The molecule has 0 aliphatic carbocycles. The minimum Gasteiger partial charge on any atom is -0.241 e. The zero-order valence-electron chi connectivity index (χ0n) is 11.2. The van der Waals surface area contributed by atoms with Gasteiger partial charge in [-0.1, -0.05) is 58.3 Å². The molecule has 0 atom stereocenters. The first-order valence-corrected chi connectivity index (χ1v) is 7.19. The van der Waals surface area contributed by atoms with Gasteiger partial charge in [0.15, 0.2) is 0 Å². The van der Waals surface area contributed by atoms with Gasteiger partial charge >= 0.3 is 0 Å². The number of hydrogen-bond donors (Lipinski definition) is 0. The summed E-state index contributed by atoms with van der Waals surface area (Å²) in [6.45, 7) is 2.27. The van der Waals surface area contributed by atoms with E-state index in [4.69, 9.17) is 0 Å². The van der Waals surface area contributed by atoms with Gasteiger partial charge < -0.3 is 0 Å². The highest BCUT2D eigenvalue weighted by molar-refractivity contribution is 4.88. The smallest absolute Gasteiger partial charge is 0.128 e. The molecule has 0 N–H and O–H groups in total. The van der Waals surface area contributed by atoms with E-state index < -0.39 is 0 Å². The molecule has 0 aromatic carbocycles.